The van der Waals surface area contributed by atoms with Gasteiger partial charge in [0.2, 0.25) is 5.91 Å². The minimum Gasteiger partial charge on any atom is -0.311 e. The fourth-order valence-electron chi connectivity index (χ4n) is 2.95. The molecule has 0 radical (unpaired) electrons. The number of halogens is 1. The van der Waals surface area contributed by atoms with Crippen LogP contribution in [0.3, 0.4) is 0 Å². The Bertz CT molecular complexity index is 1230. The Balaban J connectivity index is 1.55. The topological polar surface area (TPSA) is 76.9 Å². The summed E-state index contributed by atoms with van der Waals surface area (Å²) in [5.74, 6) is 0.177. The van der Waals surface area contributed by atoms with E-state index in [1.807, 2.05) is 36.6 Å². The first-order valence-corrected chi connectivity index (χ1v) is 10.2. The summed E-state index contributed by atoms with van der Waals surface area (Å²) in [5, 5.41) is 5.72. The first-order valence-electron chi connectivity index (χ1n) is 8.96. The molecule has 3 heterocycles. The van der Waals surface area contributed by atoms with Crippen LogP contribution in [-0.4, -0.2) is 20.4 Å². The molecule has 1 N–H and O–H groups in total. The molecule has 3 aromatic heterocycles. The fraction of sp³-hybridized carbons (Fsp3) is 0.143. The number of aryl methyl sites for hydroxylation is 2. The van der Waals surface area contributed by atoms with Crippen molar-refractivity contribution in [2.75, 3.05) is 5.32 Å². The van der Waals surface area contributed by atoms with Crippen molar-refractivity contribution >= 4 is 44.9 Å². The molecule has 0 atom stereocenters. The molecule has 6 nitrogen and oxygen atoms in total. The second kappa shape index (κ2) is 8.14. The number of nitrogens with zero attached hydrogens (tertiary/aromatic N) is 3. The average Bonchev–Trinajstić information content (AvgIpc) is 3.15. The monoisotopic (exact) mass is 424 g/mol. The summed E-state index contributed by atoms with van der Waals surface area (Å²) < 4.78 is 1.47. The van der Waals surface area contributed by atoms with E-state index in [-0.39, 0.29) is 24.4 Å². The van der Waals surface area contributed by atoms with Crippen molar-refractivity contribution in [2.45, 2.75) is 19.9 Å². The molecule has 0 bridgehead atoms. The van der Waals surface area contributed by atoms with E-state index in [1.54, 1.807) is 12.1 Å². The summed E-state index contributed by atoms with van der Waals surface area (Å²) in [6.45, 7) is 2.25. The van der Waals surface area contributed by atoms with Gasteiger partial charge in [-0.2, -0.15) is 0 Å². The molecule has 0 aliphatic heterocycles. The van der Waals surface area contributed by atoms with Crippen LogP contribution in [-0.2, 0) is 11.3 Å². The Morgan fingerprint density at radius 1 is 1.17 bits per heavy atom. The lowest BCUT2D eigenvalue weighted by Crippen LogP contribution is -2.23. The van der Waals surface area contributed by atoms with Crippen molar-refractivity contribution < 1.29 is 4.79 Å². The van der Waals surface area contributed by atoms with Crippen molar-refractivity contribution in [1.82, 2.24) is 14.5 Å². The van der Waals surface area contributed by atoms with Gasteiger partial charge in [0.1, 0.15) is 10.6 Å². The molecule has 0 aliphatic rings. The van der Waals surface area contributed by atoms with E-state index >= 15 is 0 Å². The zero-order valence-electron chi connectivity index (χ0n) is 15.6. The SMILES string of the molecule is Cc1ccc(-c2csc3ncn(CCC(=O)Nc4ccc(Cl)cn4)c(=O)c23)cc1. The van der Waals surface area contributed by atoms with E-state index in [0.717, 1.165) is 16.7 Å². The number of hydrogen-bond acceptors (Lipinski definition) is 5. The number of benzene rings is 1. The van der Waals surface area contributed by atoms with E-state index in [0.29, 0.717) is 21.1 Å². The summed E-state index contributed by atoms with van der Waals surface area (Å²) in [4.78, 5) is 34.4. The van der Waals surface area contributed by atoms with Crippen LogP contribution in [0.1, 0.15) is 12.0 Å². The van der Waals surface area contributed by atoms with E-state index in [4.69, 9.17) is 11.6 Å². The van der Waals surface area contributed by atoms with Crippen molar-refractivity contribution in [2.24, 2.45) is 0 Å². The lowest BCUT2D eigenvalue weighted by molar-refractivity contribution is -0.116. The highest BCUT2D eigenvalue weighted by Gasteiger charge is 2.14. The number of rotatable bonds is 5. The number of carbonyl (C=O) groups excluding carboxylic acids is 1. The standard InChI is InChI=1S/C21H17ClN4O2S/c1-13-2-4-14(5-3-13)16-11-29-20-19(16)21(28)26(12-24-20)9-8-18(27)25-17-7-6-15(22)10-23-17/h2-7,10-12H,8-9H2,1H3,(H,23,25,27). The number of nitrogens with one attached hydrogen (secondary N) is 1. The molecule has 1 amide bonds. The summed E-state index contributed by atoms with van der Waals surface area (Å²) in [6.07, 6.45) is 3.08. The molecular formula is C21H17ClN4O2S. The lowest BCUT2D eigenvalue weighted by atomic mass is 10.1. The third-order valence-corrected chi connectivity index (χ3v) is 5.61. The molecule has 8 heteroatoms. The van der Waals surface area contributed by atoms with Gasteiger partial charge in [0.05, 0.1) is 16.7 Å². The van der Waals surface area contributed by atoms with Gasteiger partial charge in [0.25, 0.3) is 5.56 Å². The van der Waals surface area contributed by atoms with E-state index in [9.17, 15) is 9.59 Å². The Morgan fingerprint density at radius 3 is 2.69 bits per heavy atom. The molecular weight excluding hydrogens is 408 g/mol. The zero-order valence-corrected chi connectivity index (χ0v) is 17.1. The van der Waals surface area contributed by atoms with Gasteiger partial charge in [0.15, 0.2) is 0 Å². The smallest absolute Gasteiger partial charge is 0.262 e. The van der Waals surface area contributed by atoms with Gasteiger partial charge in [-0.15, -0.1) is 11.3 Å². The Kier molecular flexibility index (Phi) is 5.42. The van der Waals surface area contributed by atoms with Gasteiger partial charge in [-0.05, 0) is 24.6 Å². The Morgan fingerprint density at radius 2 is 1.97 bits per heavy atom. The number of fused-ring (bicyclic) bond motifs is 1. The van der Waals surface area contributed by atoms with E-state index in [2.05, 4.69) is 15.3 Å². The third kappa shape index (κ3) is 4.21. The summed E-state index contributed by atoms with van der Waals surface area (Å²) in [5.41, 5.74) is 2.85. The summed E-state index contributed by atoms with van der Waals surface area (Å²) in [7, 11) is 0. The zero-order chi connectivity index (χ0) is 20.4. The first-order chi connectivity index (χ1) is 14.0. The first kappa shape index (κ1) is 19.3. The molecule has 1 aromatic carbocycles. The molecule has 4 rings (SSSR count). The number of pyridine rings is 1. The summed E-state index contributed by atoms with van der Waals surface area (Å²) in [6, 6.07) is 11.3. The van der Waals surface area contributed by atoms with Crippen molar-refractivity contribution in [3.63, 3.8) is 0 Å². The Hall–Kier alpha value is -3.03. The van der Waals surface area contributed by atoms with Gasteiger partial charge in [0, 0.05) is 30.1 Å². The van der Waals surface area contributed by atoms with Crippen LogP contribution in [0.4, 0.5) is 5.82 Å². The number of carbonyl (C=O) groups is 1. The minimum atomic E-state index is -0.240. The predicted molar refractivity (Wildman–Crippen MR) is 117 cm³/mol. The highest BCUT2D eigenvalue weighted by molar-refractivity contribution is 7.17. The van der Waals surface area contributed by atoms with Crippen LogP contribution in [0.2, 0.25) is 5.02 Å². The number of amides is 1. The second-order valence-corrected chi connectivity index (χ2v) is 7.89. The van der Waals surface area contributed by atoms with Crippen molar-refractivity contribution in [1.29, 1.82) is 0 Å². The van der Waals surface area contributed by atoms with Crippen molar-refractivity contribution in [3.8, 4) is 11.1 Å². The molecule has 0 saturated carbocycles. The predicted octanol–water partition coefficient (Wildman–Crippen LogP) is 4.51. The molecule has 4 aromatic rings. The molecule has 146 valence electrons. The molecule has 0 spiro atoms. The minimum absolute atomic E-state index is 0.126. The number of hydrogen-bond donors (Lipinski definition) is 1. The maximum absolute atomic E-state index is 13.0. The normalized spacial score (nSPS) is 11.0. The molecule has 29 heavy (non-hydrogen) atoms. The van der Waals surface area contributed by atoms with Crippen molar-refractivity contribution in [3.05, 3.63) is 75.2 Å². The van der Waals surface area contributed by atoms with Crippen LogP contribution in [0.25, 0.3) is 21.3 Å². The van der Waals surface area contributed by atoms with Crippen LogP contribution < -0.4 is 10.9 Å². The summed E-state index contributed by atoms with van der Waals surface area (Å²) >= 11 is 7.23. The molecule has 0 unspecified atom stereocenters. The van der Waals surface area contributed by atoms with Gasteiger partial charge >= 0.3 is 0 Å². The van der Waals surface area contributed by atoms with Crippen LogP contribution in [0, 0.1) is 6.92 Å². The van der Waals surface area contributed by atoms with E-state index in [1.165, 1.54) is 28.4 Å². The maximum Gasteiger partial charge on any atom is 0.262 e. The van der Waals surface area contributed by atoms with Gasteiger partial charge in [-0.25, -0.2) is 9.97 Å². The van der Waals surface area contributed by atoms with Gasteiger partial charge in [-0.1, -0.05) is 41.4 Å². The van der Waals surface area contributed by atoms with Crippen LogP contribution in [0.5, 0.6) is 0 Å². The number of anilines is 1. The average molecular weight is 425 g/mol. The van der Waals surface area contributed by atoms with Crippen LogP contribution in [0.15, 0.2) is 59.1 Å². The Labute approximate surface area is 175 Å². The number of thiophene rings is 1. The number of aromatic nitrogens is 3. The van der Waals surface area contributed by atoms with Gasteiger partial charge < -0.3 is 5.32 Å². The quantitative estimate of drug-likeness (QED) is 0.511. The highest BCUT2D eigenvalue weighted by Crippen LogP contribution is 2.30. The van der Waals surface area contributed by atoms with Gasteiger partial charge in [-0.3, -0.25) is 14.2 Å². The largest absolute Gasteiger partial charge is 0.311 e. The van der Waals surface area contributed by atoms with Crippen LogP contribution >= 0.6 is 22.9 Å². The fourth-order valence-corrected chi connectivity index (χ4v) is 3.97. The lowest BCUT2D eigenvalue weighted by Gasteiger charge is -2.07. The highest BCUT2D eigenvalue weighted by atomic mass is 35.5. The molecule has 0 saturated heterocycles. The second-order valence-electron chi connectivity index (χ2n) is 6.60. The maximum atomic E-state index is 13.0. The molecule has 0 aliphatic carbocycles. The third-order valence-electron chi connectivity index (χ3n) is 4.50. The van der Waals surface area contributed by atoms with E-state index < -0.39 is 0 Å². The molecule has 0 fully saturated rings.